The van der Waals surface area contributed by atoms with Crippen molar-refractivity contribution in [3.63, 3.8) is 0 Å². The van der Waals surface area contributed by atoms with E-state index in [0.717, 1.165) is 17.1 Å². The quantitative estimate of drug-likeness (QED) is 0.654. The molecule has 0 amide bonds. The van der Waals surface area contributed by atoms with Crippen molar-refractivity contribution in [2.45, 2.75) is 29.9 Å². The second-order valence-electron chi connectivity index (χ2n) is 7.04. The molecule has 0 unspecified atom stereocenters. The summed E-state index contributed by atoms with van der Waals surface area (Å²) in [7, 11) is -3.93. The number of halogens is 2. The molecule has 0 radical (unpaired) electrons. The summed E-state index contributed by atoms with van der Waals surface area (Å²) in [6.07, 6.45) is 2.33. The van der Waals surface area contributed by atoms with Crippen LogP contribution in [0.1, 0.15) is 12.8 Å². The number of hydrogen-bond donors (Lipinski definition) is 1. The number of piperidine rings is 1. The monoisotopic (exact) mass is 423 g/mol. The first-order valence-electron chi connectivity index (χ1n) is 8.87. The van der Waals surface area contributed by atoms with Gasteiger partial charge in [0.15, 0.2) is 0 Å². The molecular weight excluding hydrogens is 405 g/mol. The summed E-state index contributed by atoms with van der Waals surface area (Å²) in [4.78, 5) is 3.90. The Kier molecular flexibility index (Phi) is 4.91. The summed E-state index contributed by atoms with van der Waals surface area (Å²) in [5.41, 5.74) is 0.516. The number of benzene rings is 1. The minimum atomic E-state index is -3.93. The van der Waals surface area contributed by atoms with Crippen LogP contribution >= 0.6 is 11.6 Å². The smallest absolute Gasteiger partial charge is 0.245 e. The minimum Gasteiger partial charge on any atom is -0.388 e. The standard InChI is InChI=1S/C19H19ClFN3O3S/c20-18-6-5-16-15(22-18)7-10-23(16)13-19(25)8-11-24(12-9-19)28(26,27)17-4-2-1-3-14(17)21/h1-7,10,25H,8-9,11-13H2. The average molecular weight is 424 g/mol. The first kappa shape index (κ1) is 19.3. The van der Waals surface area contributed by atoms with E-state index in [1.807, 2.05) is 22.9 Å². The molecule has 6 nitrogen and oxygen atoms in total. The van der Waals surface area contributed by atoms with Crippen LogP contribution in [0.5, 0.6) is 0 Å². The molecule has 0 atom stereocenters. The molecule has 148 valence electrons. The lowest BCUT2D eigenvalue weighted by Crippen LogP contribution is -2.48. The summed E-state index contributed by atoms with van der Waals surface area (Å²) >= 11 is 5.91. The number of aromatic nitrogens is 2. The van der Waals surface area contributed by atoms with Gasteiger partial charge in [0.05, 0.1) is 23.2 Å². The first-order valence-corrected chi connectivity index (χ1v) is 10.7. The summed E-state index contributed by atoms with van der Waals surface area (Å²) in [6.45, 7) is 0.556. The Morgan fingerprint density at radius 2 is 1.86 bits per heavy atom. The fourth-order valence-corrected chi connectivity index (χ4v) is 5.26. The zero-order valence-electron chi connectivity index (χ0n) is 14.9. The zero-order valence-corrected chi connectivity index (χ0v) is 16.5. The topological polar surface area (TPSA) is 75.4 Å². The summed E-state index contributed by atoms with van der Waals surface area (Å²) in [6, 6.07) is 10.7. The van der Waals surface area contributed by atoms with Crippen LogP contribution in [-0.2, 0) is 16.6 Å². The maximum absolute atomic E-state index is 13.9. The van der Waals surface area contributed by atoms with Gasteiger partial charge >= 0.3 is 0 Å². The predicted molar refractivity (Wildman–Crippen MR) is 104 cm³/mol. The largest absolute Gasteiger partial charge is 0.388 e. The normalized spacial score (nSPS) is 17.8. The second kappa shape index (κ2) is 7.11. The van der Waals surface area contributed by atoms with Crippen molar-refractivity contribution >= 4 is 32.7 Å². The zero-order chi connectivity index (χ0) is 19.9. The number of pyridine rings is 1. The van der Waals surface area contributed by atoms with Gasteiger partial charge in [0.1, 0.15) is 15.9 Å². The van der Waals surface area contributed by atoms with Crippen LogP contribution in [0.2, 0.25) is 5.15 Å². The SMILES string of the molecule is O=S(=O)(c1ccccc1F)N1CCC(O)(Cn2ccc3nc(Cl)ccc32)CC1. The highest BCUT2D eigenvalue weighted by Gasteiger charge is 2.38. The lowest BCUT2D eigenvalue weighted by atomic mass is 9.92. The molecule has 1 fully saturated rings. The Morgan fingerprint density at radius 3 is 2.57 bits per heavy atom. The van der Waals surface area contributed by atoms with Crippen molar-refractivity contribution in [2.75, 3.05) is 13.1 Å². The predicted octanol–water partition coefficient (Wildman–Crippen LogP) is 3.04. The lowest BCUT2D eigenvalue weighted by Gasteiger charge is -2.37. The van der Waals surface area contributed by atoms with Crippen LogP contribution in [0.25, 0.3) is 11.0 Å². The van der Waals surface area contributed by atoms with Gasteiger partial charge in [0.25, 0.3) is 0 Å². The molecule has 1 saturated heterocycles. The maximum Gasteiger partial charge on any atom is 0.245 e. The van der Waals surface area contributed by atoms with Crippen molar-refractivity contribution in [3.05, 3.63) is 59.6 Å². The van der Waals surface area contributed by atoms with E-state index in [4.69, 9.17) is 11.6 Å². The highest BCUT2D eigenvalue weighted by molar-refractivity contribution is 7.89. The van der Waals surface area contributed by atoms with E-state index < -0.39 is 21.4 Å². The third-order valence-corrected chi connectivity index (χ3v) is 7.30. The van der Waals surface area contributed by atoms with Crippen LogP contribution in [-0.4, -0.2) is 46.1 Å². The molecule has 4 rings (SSSR count). The Labute approximate surface area is 167 Å². The van der Waals surface area contributed by atoms with Gasteiger partial charge in [-0.05, 0) is 43.2 Å². The summed E-state index contributed by atoms with van der Waals surface area (Å²) in [5, 5.41) is 11.4. The maximum atomic E-state index is 13.9. The van der Waals surface area contributed by atoms with E-state index in [2.05, 4.69) is 4.98 Å². The molecule has 2 aromatic heterocycles. The summed E-state index contributed by atoms with van der Waals surface area (Å²) in [5.74, 6) is -0.770. The molecule has 9 heteroatoms. The fourth-order valence-electron chi connectivity index (χ4n) is 3.60. The van der Waals surface area contributed by atoms with Gasteiger partial charge in [-0.3, -0.25) is 0 Å². The van der Waals surface area contributed by atoms with Crippen molar-refractivity contribution in [1.82, 2.24) is 13.9 Å². The molecule has 3 aromatic rings. The van der Waals surface area contributed by atoms with Crippen molar-refractivity contribution in [3.8, 4) is 0 Å². The van der Waals surface area contributed by atoms with E-state index >= 15 is 0 Å². The third kappa shape index (κ3) is 3.53. The third-order valence-electron chi connectivity index (χ3n) is 5.16. The van der Waals surface area contributed by atoms with Crippen LogP contribution in [0.4, 0.5) is 4.39 Å². The lowest BCUT2D eigenvalue weighted by molar-refractivity contribution is -0.0185. The molecule has 0 saturated carbocycles. The highest BCUT2D eigenvalue weighted by Crippen LogP contribution is 2.30. The second-order valence-corrected chi connectivity index (χ2v) is 9.33. The molecule has 28 heavy (non-hydrogen) atoms. The number of nitrogens with zero attached hydrogens (tertiary/aromatic N) is 3. The van der Waals surface area contributed by atoms with Crippen LogP contribution in [0.15, 0.2) is 53.6 Å². The van der Waals surface area contributed by atoms with Gasteiger partial charge < -0.3 is 9.67 Å². The Balaban J connectivity index is 1.50. The van der Waals surface area contributed by atoms with E-state index in [-0.39, 0.29) is 30.8 Å². The van der Waals surface area contributed by atoms with E-state index in [9.17, 15) is 17.9 Å². The molecule has 0 spiro atoms. The van der Waals surface area contributed by atoms with Crippen molar-refractivity contribution < 1.29 is 17.9 Å². The number of fused-ring (bicyclic) bond motifs is 1. The van der Waals surface area contributed by atoms with Crippen LogP contribution in [0.3, 0.4) is 0 Å². The van der Waals surface area contributed by atoms with Gasteiger partial charge in [-0.25, -0.2) is 17.8 Å². The van der Waals surface area contributed by atoms with Gasteiger partial charge in [0, 0.05) is 19.3 Å². The van der Waals surface area contributed by atoms with Gasteiger partial charge in [-0.2, -0.15) is 4.31 Å². The molecule has 0 aliphatic carbocycles. The molecule has 1 aliphatic heterocycles. The molecular formula is C19H19ClFN3O3S. The van der Waals surface area contributed by atoms with Crippen molar-refractivity contribution in [2.24, 2.45) is 0 Å². The Hall–Kier alpha value is -2.00. The van der Waals surface area contributed by atoms with Gasteiger partial charge in [-0.15, -0.1) is 0 Å². The van der Waals surface area contributed by atoms with Gasteiger partial charge in [-0.1, -0.05) is 23.7 Å². The molecule has 0 bridgehead atoms. The Morgan fingerprint density at radius 1 is 1.14 bits per heavy atom. The fraction of sp³-hybridized carbons (Fsp3) is 0.316. The van der Waals surface area contributed by atoms with E-state index in [1.54, 1.807) is 6.07 Å². The van der Waals surface area contributed by atoms with Crippen LogP contribution < -0.4 is 0 Å². The number of hydrogen-bond acceptors (Lipinski definition) is 4. The molecule has 3 heterocycles. The molecule has 1 aliphatic rings. The van der Waals surface area contributed by atoms with E-state index in [1.165, 1.54) is 22.5 Å². The van der Waals surface area contributed by atoms with Crippen LogP contribution in [0, 0.1) is 5.82 Å². The number of rotatable bonds is 4. The highest BCUT2D eigenvalue weighted by atomic mass is 35.5. The Bertz CT molecular complexity index is 1120. The van der Waals surface area contributed by atoms with E-state index in [0.29, 0.717) is 11.7 Å². The van der Waals surface area contributed by atoms with Gasteiger partial charge in [0.2, 0.25) is 10.0 Å². The first-order chi connectivity index (χ1) is 13.3. The number of sulfonamides is 1. The molecule has 1 aromatic carbocycles. The number of aliphatic hydroxyl groups is 1. The average Bonchev–Trinajstić information content (AvgIpc) is 3.03. The summed E-state index contributed by atoms with van der Waals surface area (Å²) < 4.78 is 42.5. The van der Waals surface area contributed by atoms with Crippen molar-refractivity contribution in [1.29, 1.82) is 0 Å². The minimum absolute atomic E-state index is 0.121. The molecule has 1 N–H and O–H groups in total.